The Hall–Kier alpha value is -3.60. The van der Waals surface area contributed by atoms with E-state index in [1.54, 1.807) is 60.0 Å². The maximum atomic E-state index is 13.8. The van der Waals surface area contributed by atoms with Gasteiger partial charge in [0, 0.05) is 23.9 Å². The summed E-state index contributed by atoms with van der Waals surface area (Å²) in [4.78, 5) is 42.0. The van der Waals surface area contributed by atoms with Crippen molar-refractivity contribution in [3.8, 4) is 11.5 Å². The van der Waals surface area contributed by atoms with Gasteiger partial charge in [0.15, 0.2) is 11.5 Å². The lowest BCUT2D eigenvalue weighted by atomic mass is 10.0. The third kappa shape index (κ3) is 7.08. The van der Waals surface area contributed by atoms with Gasteiger partial charge >= 0.3 is 0 Å². The van der Waals surface area contributed by atoms with Crippen molar-refractivity contribution in [1.29, 1.82) is 0 Å². The van der Waals surface area contributed by atoms with E-state index in [0.29, 0.717) is 45.8 Å². The molecule has 3 aromatic rings. The summed E-state index contributed by atoms with van der Waals surface area (Å²) >= 11 is 7.40. The maximum absolute atomic E-state index is 13.8. The monoisotopic (exact) mass is 571 g/mol. The molecule has 0 spiro atoms. The SMILES string of the molecule is COc1ccc([C@H](C(=O)NC[C@H]2CCCO2)N(C(=O)CNC(=O)c2cccs2)c2ccc(Cl)cc2)cc1OC. The largest absolute Gasteiger partial charge is 0.493 e. The fraction of sp³-hybridized carbons (Fsp3) is 0.321. The van der Waals surface area contributed by atoms with Gasteiger partial charge in [-0.1, -0.05) is 23.7 Å². The summed E-state index contributed by atoms with van der Waals surface area (Å²) in [6.07, 6.45) is 1.68. The number of thiophene rings is 1. The van der Waals surface area contributed by atoms with E-state index in [2.05, 4.69) is 10.6 Å². The number of amides is 3. The number of methoxy groups -OCH3 is 2. The Morgan fingerprint density at radius 2 is 1.85 bits per heavy atom. The Morgan fingerprint density at radius 3 is 2.49 bits per heavy atom. The van der Waals surface area contributed by atoms with Gasteiger partial charge in [0.05, 0.1) is 31.7 Å². The molecule has 39 heavy (non-hydrogen) atoms. The fourth-order valence-corrected chi connectivity index (χ4v) is 5.10. The van der Waals surface area contributed by atoms with Crippen LogP contribution in [0, 0.1) is 0 Å². The van der Waals surface area contributed by atoms with Crippen LogP contribution in [0.1, 0.15) is 34.1 Å². The van der Waals surface area contributed by atoms with E-state index in [0.717, 1.165) is 12.8 Å². The zero-order valence-corrected chi connectivity index (χ0v) is 23.2. The molecule has 11 heteroatoms. The van der Waals surface area contributed by atoms with E-state index in [1.165, 1.54) is 30.5 Å². The third-order valence-electron chi connectivity index (χ3n) is 6.28. The summed E-state index contributed by atoms with van der Waals surface area (Å²) in [7, 11) is 3.01. The summed E-state index contributed by atoms with van der Waals surface area (Å²) in [6, 6.07) is 14.0. The van der Waals surface area contributed by atoms with E-state index in [1.807, 2.05) is 0 Å². The molecule has 0 radical (unpaired) electrons. The van der Waals surface area contributed by atoms with Crippen molar-refractivity contribution in [2.24, 2.45) is 0 Å². The summed E-state index contributed by atoms with van der Waals surface area (Å²) < 4.78 is 16.5. The third-order valence-corrected chi connectivity index (χ3v) is 7.40. The molecular weight excluding hydrogens is 542 g/mol. The molecule has 0 saturated carbocycles. The number of benzene rings is 2. The first-order chi connectivity index (χ1) is 18.9. The Bertz CT molecular complexity index is 1280. The highest BCUT2D eigenvalue weighted by molar-refractivity contribution is 7.12. The second-order valence-electron chi connectivity index (χ2n) is 8.80. The molecule has 1 fully saturated rings. The minimum atomic E-state index is -1.10. The number of halogens is 1. The van der Waals surface area contributed by atoms with Crippen LogP contribution in [0.4, 0.5) is 5.69 Å². The van der Waals surface area contributed by atoms with E-state index in [4.69, 9.17) is 25.8 Å². The molecule has 0 unspecified atom stereocenters. The summed E-state index contributed by atoms with van der Waals surface area (Å²) in [5.74, 6) is -0.395. The Kier molecular flexibility index (Phi) is 9.80. The van der Waals surface area contributed by atoms with Crippen molar-refractivity contribution in [1.82, 2.24) is 10.6 Å². The minimum Gasteiger partial charge on any atom is -0.493 e. The second kappa shape index (κ2) is 13.5. The summed E-state index contributed by atoms with van der Waals surface area (Å²) in [5, 5.41) is 7.87. The van der Waals surface area contributed by atoms with Crippen LogP contribution in [-0.2, 0) is 14.3 Å². The number of anilines is 1. The van der Waals surface area contributed by atoms with Crippen LogP contribution in [0.3, 0.4) is 0 Å². The number of nitrogens with zero attached hydrogens (tertiary/aromatic N) is 1. The van der Waals surface area contributed by atoms with Crippen LogP contribution in [0.25, 0.3) is 0 Å². The van der Waals surface area contributed by atoms with Crippen molar-refractivity contribution >= 4 is 46.3 Å². The van der Waals surface area contributed by atoms with Crippen LogP contribution in [0.2, 0.25) is 5.02 Å². The lowest BCUT2D eigenvalue weighted by Gasteiger charge is -2.32. The first-order valence-electron chi connectivity index (χ1n) is 12.4. The standard InChI is InChI=1S/C28H30ClN3O6S/c1-36-22-12-7-18(15-23(22)37-2)26(28(35)30-16-21-5-3-13-38-21)32(20-10-8-19(29)9-11-20)25(33)17-31-27(34)24-6-4-14-39-24/h4,6-12,14-15,21,26H,3,5,13,16-17H2,1-2H3,(H,30,35)(H,31,34)/t21-,26-/m1/s1. The predicted octanol–water partition coefficient (Wildman–Crippen LogP) is 4.22. The number of carbonyl (C=O) groups is 3. The van der Waals surface area contributed by atoms with Gasteiger partial charge in [-0.2, -0.15) is 0 Å². The highest BCUT2D eigenvalue weighted by Crippen LogP contribution is 2.35. The lowest BCUT2D eigenvalue weighted by Crippen LogP contribution is -2.48. The molecule has 1 aliphatic rings. The molecule has 2 aromatic carbocycles. The summed E-state index contributed by atoms with van der Waals surface area (Å²) in [6.45, 7) is 0.627. The van der Waals surface area contributed by atoms with Gasteiger partial charge in [0.2, 0.25) is 11.8 Å². The number of ether oxygens (including phenoxy) is 3. The first kappa shape index (κ1) is 28.4. The van der Waals surface area contributed by atoms with Gasteiger partial charge in [-0.3, -0.25) is 19.3 Å². The zero-order chi connectivity index (χ0) is 27.8. The van der Waals surface area contributed by atoms with E-state index in [-0.39, 0.29) is 18.6 Å². The van der Waals surface area contributed by atoms with Gasteiger partial charge in [-0.25, -0.2) is 0 Å². The average Bonchev–Trinajstić information content (AvgIpc) is 3.68. The molecule has 1 aromatic heterocycles. The van der Waals surface area contributed by atoms with Crippen LogP contribution < -0.4 is 25.0 Å². The smallest absolute Gasteiger partial charge is 0.261 e. The second-order valence-corrected chi connectivity index (χ2v) is 10.2. The zero-order valence-electron chi connectivity index (χ0n) is 21.6. The van der Waals surface area contributed by atoms with E-state index in [9.17, 15) is 14.4 Å². The molecule has 3 amide bonds. The number of rotatable bonds is 11. The first-order valence-corrected chi connectivity index (χ1v) is 13.7. The molecule has 2 atom stereocenters. The Labute approximate surface area is 236 Å². The average molecular weight is 572 g/mol. The molecule has 1 saturated heterocycles. The Balaban J connectivity index is 1.70. The topological polar surface area (TPSA) is 106 Å². The molecule has 1 aliphatic heterocycles. The molecule has 0 aliphatic carbocycles. The fourth-order valence-electron chi connectivity index (χ4n) is 4.33. The molecule has 2 N–H and O–H groups in total. The molecule has 9 nitrogen and oxygen atoms in total. The van der Waals surface area contributed by atoms with Crippen molar-refractivity contribution in [3.05, 3.63) is 75.4 Å². The van der Waals surface area contributed by atoms with E-state index < -0.39 is 17.9 Å². The molecule has 4 rings (SSSR count). The highest BCUT2D eigenvalue weighted by atomic mass is 35.5. The van der Waals surface area contributed by atoms with Crippen LogP contribution >= 0.6 is 22.9 Å². The predicted molar refractivity (Wildman–Crippen MR) is 150 cm³/mol. The Morgan fingerprint density at radius 1 is 1.08 bits per heavy atom. The summed E-state index contributed by atoms with van der Waals surface area (Å²) in [5.41, 5.74) is 0.923. The van der Waals surface area contributed by atoms with Crippen molar-refractivity contribution in [3.63, 3.8) is 0 Å². The van der Waals surface area contributed by atoms with Gasteiger partial charge in [0.1, 0.15) is 6.04 Å². The normalized spacial score (nSPS) is 15.3. The number of hydrogen-bond acceptors (Lipinski definition) is 7. The van der Waals surface area contributed by atoms with Gasteiger partial charge in [-0.15, -0.1) is 11.3 Å². The molecule has 206 valence electrons. The minimum absolute atomic E-state index is 0.0928. The quantitative estimate of drug-likeness (QED) is 0.357. The van der Waals surface area contributed by atoms with Crippen LogP contribution in [0.5, 0.6) is 11.5 Å². The lowest BCUT2D eigenvalue weighted by molar-refractivity contribution is -0.126. The van der Waals surface area contributed by atoms with Crippen molar-refractivity contribution < 1.29 is 28.6 Å². The van der Waals surface area contributed by atoms with Gasteiger partial charge in [0.25, 0.3) is 5.91 Å². The van der Waals surface area contributed by atoms with Gasteiger partial charge < -0.3 is 24.8 Å². The van der Waals surface area contributed by atoms with Crippen molar-refractivity contribution in [2.75, 3.05) is 38.8 Å². The van der Waals surface area contributed by atoms with E-state index >= 15 is 0 Å². The van der Waals surface area contributed by atoms with Gasteiger partial charge in [-0.05, 0) is 66.2 Å². The maximum Gasteiger partial charge on any atom is 0.261 e. The highest BCUT2D eigenvalue weighted by Gasteiger charge is 2.34. The molecule has 2 heterocycles. The molecular formula is C28H30ClN3O6S. The number of carbonyl (C=O) groups excluding carboxylic acids is 3. The number of nitrogens with one attached hydrogen (secondary N) is 2. The number of hydrogen-bond donors (Lipinski definition) is 2. The van der Waals surface area contributed by atoms with Crippen molar-refractivity contribution in [2.45, 2.75) is 25.0 Å². The molecule has 0 bridgehead atoms. The van der Waals surface area contributed by atoms with Crippen LogP contribution in [-0.4, -0.2) is 57.7 Å². The van der Waals surface area contributed by atoms with Crippen LogP contribution in [0.15, 0.2) is 60.0 Å².